The van der Waals surface area contributed by atoms with Crippen LogP contribution in [0.3, 0.4) is 0 Å². The maximum atomic E-state index is 12.2. The zero-order valence-electron chi connectivity index (χ0n) is 10.7. The lowest BCUT2D eigenvalue weighted by atomic mass is 10.3. The summed E-state index contributed by atoms with van der Waals surface area (Å²) >= 11 is 0.876. The number of hydrogen-bond acceptors (Lipinski definition) is 6. The maximum Gasteiger partial charge on any atom is 0.324 e. The van der Waals surface area contributed by atoms with Crippen LogP contribution in [-0.4, -0.2) is 59.3 Å². The van der Waals surface area contributed by atoms with Crippen LogP contribution in [0.4, 0.5) is 5.00 Å². The molecule has 1 aliphatic rings. The number of carbonyl (C=O) groups is 2. The molecule has 9 heteroatoms. The molecule has 20 heavy (non-hydrogen) atoms. The molecule has 0 aromatic carbocycles. The van der Waals surface area contributed by atoms with Crippen LogP contribution in [0.25, 0.3) is 0 Å². The van der Waals surface area contributed by atoms with E-state index in [9.17, 15) is 19.7 Å². The van der Waals surface area contributed by atoms with E-state index >= 15 is 0 Å². The van der Waals surface area contributed by atoms with Crippen LogP contribution >= 0.6 is 11.3 Å². The number of primary amides is 1. The standard InChI is InChI=1S/C11H14N4O4S/c12-9(16)7-13-3-5-14(6-4-13)11(17)8-1-2-10(20-8)15(18)19/h1-2H,3-7H2,(H2,12,16). The molecule has 1 aromatic heterocycles. The zero-order chi connectivity index (χ0) is 14.7. The van der Waals surface area contributed by atoms with E-state index < -0.39 is 10.8 Å². The number of amides is 2. The molecule has 0 bridgehead atoms. The fourth-order valence-electron chi connectivity index (χ4n) is 2.03. The van der Waals surface area contributed by atoms with E-state index in [1.807, 2.05) is 4.90 Å². The first kappa shape index (κ1) is 14.4. The van der Waals surface area contributed by atoms with Crippen LogP contribution in [-0.2, 0) is 4.79 Å². The average molecular weight is 298 g/mol. The van der Waals surface area contributed by atoms with Crippen LogP contribution in [0, 0.1) is 10.1 Å². The van der Waals surface area contributed by atoms with Crippen molar-refractivity contribution in [2.24, 2.45) is 5.73 Å². The molecule has 0 radical (unpaired) electrons. The van der Waals surface area contributed by atoms with E-state index in [1.165, 1.54) is 12.1 Å². The van der Waals surface area contributed by atoms with Gasteiger partial charge in [0, 0.05) is 32.2 Å². The second-order valence-corrected chi connectivity index (χ2v) is 5.49. The Kier molecular flexibility index (Phi) is 4.30. The average Bonchev–Trinajstić information content (AvgIpc) is 2.88. The van der Waals surface area contributed by atoms with Gasteiger partial charge in [0.1, 0.15) is 0 Å². The summed E-state index contributed by atoms with van der Waals surface area (Å²) in [6, 6.07) is 2.81. The van der Waals surface area contributed by atoms with Crippen LogP contribution in [0.2, 0.25) is 0 Å². The third kappa shape index (κ3) is 3.31. The van der Waals surface area contributed by atoms with Gasteiger partial charge in [-0.25, -0.2) is 0 Å². The Bertz CT molecular complexity index is 536. The number of hydrogen-bond donors (Lipinski definition) is 1. The summed E-state index contributed by atoms with van der Waals surface area (Å²) in [5.41, 5.74) is 5.12. The number of nitrogens with two attached hydrogens (primary N) is 1. The highest BCUT2D eigenvalue weighted by atomic mass is 32.1. The highest BCUT2D eigenvalue weighted by Crippen LogP contribution is 2.25. The van der Waals surface area contributed by atoms with Gasteiger partial charge in [0.05, 0.1) is 16.3 Å². The van der Waals surface area contributed by atoms with Gasteiger partial charge in [0.15, 0.2) is 0 Å². The van der Waals surface area contributed by atoms with Crippen molar-refractivity contribution in [3.05, 3.63) is 27.1 Å². The molecule has 0 atom stereocenters. The lowest BCUT2D eigenvalue weighted by Gasteiger charge is -2.33. The molecule has 0 aliphatic carbocycles. The molecule has 0 spiro atoms. The minimum atomic E-state index is -0.508. The molecule has 1 saturated heterocycles. The minimum absolute atomic E-state index is 0.0410. The van der Waals surface area contributed by atoms with Crippen molar-refractivity contribution in [1.82, 2.24) is 9.80 Å². The van der Waals surface area contributed by atoms with Gasteiger partial charge >= 0.3 is 5.00 Å². The molecule has 1 aromatic rings. The van der Waals surface area contributed by atoms with Crippen molar-refractivity contribution < 1.29 is 14.5 Å². The molecule has 2 amide bonds. The number of nitro groups is 1. The van der Waals surface area contributed by atoms with E-state index in [0.717, 1.165) is 11.3 Å². The lowest BCUT2D eigenvalue weighted by Crippen LogP contribution is -2.50. The first-order chi connectivity index (χ1) is 9.47. The SMILES string of the molecule is NC(=O)CN1CCN(C(=O)c2ccc([N+](=O)[O-])s2)CC1. The van der Waals surface area contributed by atoms with Crippen molar-refractivity contribution in [2.45, 2.75) is 0 Å². The van der Waals surface area contributed by atoms with Gasteiger partial charge in [-0.3, -0.25) is 24.6 Å². The third-order valence-corrected chi connectivity index (χ3v) is 4.05. The predicted molar refractivity (Wildman–Crippen MR) is 72.5 cm³/mol. The maximum absolute atomic E-state index is 12.2. The zero-order valence-corrected chi connectivity index (χ0v) is 11.5. The number of carbonyl (C=O) groups excluding carboxylic acids is 2. The number of piperazine rings is 1. The van der Waals surface area contributed by atoms with E-state index in [1.54, 1.807) is 4.90 Å². The molecule has 8 nitrogen and oxygen atoms in total. The van der Waals surface area contributed by atoms with Gasteiger partial charge in [0.2, 0.25) is 5.91 Å². The van der Waals surface area contributed by atoms with Crippen LogP contribution < -0.4 is 5.73 Å². The summed E-state index contributed by atoms with van der Waals surface area (Å²) in [6.07, 6.45) is 0. The van der Waals surface area contributed by atoms with Gasteiger partial charge in [-0.15, -0.1) is 0 Å². The normalized spacial score (nSPS) is 16.1. The van der Waals surface area contributed by atoms with Gasteiger partial charge in [-0.05, 0) is 6.07 Å². The summed E-state index contributed by atoms with van der Waals surface area (Å²) in [5, 5.41) is 10.6. The van der Waals surface area contributed by atoms with E-state index in [-0.39, 0.29) is 17.5 Å². The number of rotatable bonds is 4. The van der Waals surface area contributed by atoms with E-state index in [4.69, 9.17) is 5.73 Å². The lowest BCUT2D eigenvalue weighted by molar-refractivity contribution is -0.380. The summed E-state index contributed by atoms with van der Waals surface area (Å²) in [4.78, 5) is 36.9. The first-order valence-electron chi connectivity index (χ1n) is 6.01. The largest absolute Gasteiger partial charge is 0.369 e. The molecule has 2 heterocycles. The molecule has 1 fully saturated rings. The highest BCUT2D eigenvalue weighted by molar-refractivity contribution is 7.17. The van der Waals surface area contributed by atoms with Crippen molar-refractivity contribution >= 4 is 28.2 Å². The first-order valence-corrected chi connectivity index (χ1v) is 6.83. The summed E-state index contributed by atoms with van der Waals surface area (Å²) in [5.74, 6) is -0.597. The number of thiophene rings is 1. The second kappa shape index (κ2) is 5.97. The highest BCUT2D eigenvalue weighted by Gasteiger charge is 2.25. The van der Waals surface area contributed by atoms with Gasteiger partial charge in [0.25, 0.3) is 5.91 Å². The summed E-state index contributed by atoms with van der Waals surface area (Å²) in [7, 11) is 0. The second-order valence-electron chi connectivity index (χ2n) is 4.43. The van der Waals surface area contributed by atoms with E-state index in [0.29, 0.717) is 31.1 Å². The topological polar surface area (TPSA) is 110 Å². The van der Waals surface area contributed by atoms with Crippen LogP contribution in [0.5, 0.6) is 0 Å². The predicted octanol–water partition coefficient (Wildman–Crippen LogP) is -0.101. The monoisotopic (exact) mass is 298 g/mol. The fraction of sp³-hybridized carbons (Fsp3) is 0.455. The van der Waals surface area contributed by atoms with Gasteiger partial charge < -0.3 is 10.6 Å². The Morgan fingerprint density at radius 1 is 1.30 bits per heavy atom. The van der Waals surface area contributed by atoms with Crippen LogP contribution in [0.1, 0.15) is 9.67 Å². The summed E-state index contributed by atoms with van der Waals surface area (Å²) in [6.45, 7) is 2.30. The van der Waals surface area contributed by atoms with Gasteiger partial charge in [-0.2, -0.15) is 0 Å². The van der Waals surface area contributed by atoms with Crippen molar-refractivity contribution in [2.75, 3.05) is 32.7 Å². The summed E-state index contributed by atoms with van der Waals surface area (Å²) < 4.78 is 0. The molecule has 2 N–H and O–H groups in total. The molecule has 1 aliphatic heterocycles. The van der Waals surface area contributed by atoms with E-state index in [2.05, 4.69) is 0 Å². The van der Waals surface area contributed by atoms with Crippen molar-refractivity contribution in [1.29, 1.82) is 0 Å². The molecule has 2 rings (SSSR count). The Morgan fingerprint density at radius 3 is 2.45 bits per heavy atom. The Hall–Kier alpha value is -2.00. The quantitative estimate of drug-likeness (QED) is 0.616. The smallest absolute Gasteiger partial charge is 0.324 e. The van der Waals surface area contributed by atoms with Crippen molar-refractivity contribution in [3.8, 4) is 0 Å². The minimum Gasteiger partial charge on any atom is -0.369 e. The molecule has 0 unspecified atom stereocenters. The van der Waals surface area contributed by atoms with Crippen molar-refractivity contribution in [3.63, 3.8) is 0 Å². The van der Waals surface area contributed by atoms with Crippen LogP contribution in [0.15, 0.2) is 12.1 Å². The number of nitrogens with zero attached hydrogens (tertiary/aromatic N) is 3. The molecule has 0 saturated carbocycles. The Morgan fingerprint density at radius 2 is 1.95 bits per heavy atom. The van der Waals surface area contributed by atoms with Gasteiger partial charge in [-0.1, -0.05) is 11.3 Å². The molecular weight excluding hydrogens is 284 g/mol. The fourth-order valence-corrected chi connectivity index (χ4v) is 2.81. The Labute approximate surface area is 118 Å². The Balaban J connectivity index is 1.94. The third-order valence-electron chi connectivity index (χ3n) is 3.02. The molecular formula is C11H14N4O4S. The molecule has 108 valence electrons.